The standard InChI is InChI=1S/C11H22.ClH/c1-3-5-7-9-11-10-8-6-4-2;/h9,11H,3-8,10H2,1-2H3;1H. The van der Waals surface area contributed by atoms with E-state index in [4.69, 9.17) is 0 Å². The zero-order chi connectivity index (χ0) is 8.36. The first kappa shape index (κ1) is 14.5. The summed E-state index contributed by atoms with van der Waals surface area (Å²) in [6.07, 6.45) is 14.0. The average Bonchev–Trinajstić information content (AvgIpc) is 2.03. The van der Waals surface area contributed by atoms with Gasteiger partial charge in [-0.3, -0.25) is 0 Å². The zero-order valence-corrected chi connectivity index (χ0v) is 9.33. The summed E-state index contributed by atoms with van der Waals surface area (Å²) in [6.45, 7) is 4.49. The van der Waals surface area contributed by atoms with Crippen LogP contribution >= 0.6 is 12.4 Å². The lowest BCUT2D eigenvalue weighted by molar-refractivity contribution is 0.726. The van der Waals surface area contributed by atoms with Gasteiger partial charge in [0.15, 0.2) is 0 Å². The molecule has 0 heterocycles. The topological polar surface area (TPSA) is 0 Å². The molecule has 0 aromatic rings. The highest BCUT2D eigenvalue weighted by Crippen LogP contribution is 2.01. The van der Waals surface area contributed by atoms with Crippen LogP contribution in [0.25, 0.3) is 0 Å². The first-order valence-corrected chi connectivity index (χ1v) is 5.06. The number of unbranched alkanes of at least 4 members (excludes halogenated alkanes) is 5. The summed E-state index contributed by atoms with van der Waals surface area (Å²) in [4.78, 5) is 0. The predicted molar refractivity (Wildman–Crippen MR) is 60.1 cm³/mol. The smallest absolute Gasteiger partial charge is 0.0351 e. The Morgan fingerprint density at radius 2 is 1.25 bits per heavy atom. The quantitative estimate of drug-likeness (QED) is 0.402. The fourth-order valence-electron chi connectivity index (χ4n) is 1.07. The fraction of sp³-hybridized carbons (Fsp3) is 0.818. The van der Waals surface area contributed by atoms with E-state index in [2.05, 4.69) is 26.0 Å². The fourth-order valence-corrected chi connectivity index (χ4v) is 1.07. The first-order chi connectivity index (χ1) is 5.41. The summed E-state index contributed by atoms with van der Waals surface area (Å²) in [6, 6.07) is 0. The molecule has 0 spiro atoms. The van der Waals surface area contributed by atoms with Gasteiger partial charge in [0.1, 0.15) is 0 Å². The maximum absolute atomic E-state index is 2.34. The number of rotatable bonds is 7. The summed E-state index contributed by atoms with van der Waals surface area (Å²) in [5, 5.41) is 0. The van der Waals surface area contributed by atoms with Crippen LogP contribution in [-0.4, -0.2) is 0 Å². The van der Waals surface area contributed by atoms with Crippen LogP contribution in [0.2, 0.25) is 0 Å². The van der Waals surface area contributed by atoms with Crippen molar-refractivity contribution in [3.05, 3.63) is 12.2 Å². The van der Waals surface area contributed by atoms with Gasteiger partial charge in [0.2, 0.25) is 0 Å². The molecule has 0 saturated heterocycles. The van der Waals surface area contributed by atoms with Gasteiger partial charge in [0.05, 0.1) is 0 Å². The molecule has 0 aliphatic heterocycles. The first-order valence-electron chi connectivity index (χ1n) is 5.06. The molecule has 74 valence electrons. The van der Waals surface area contributed by atoms with Crippen LogP contribution in [0.5, 0.6) is 0 Å². The van der Waals surface area contributed by atoms with Crippen LogP contribution in [0.3, 0.4) is 0 Å². The summed E-state index contributed by atoms with van der Waals surface area (Å²) < 4.78 is 0. The third kappa shape index (κ3) is 12.7. The van der Waals surface area contributed by atoms with Crippen molar-refractivity contribution < 1.29 is 0 Å². The summed E-state index contributed by atoms with van der Waals surface area (Å²) in [5.74, 6) is 0. The van der Waals surface area contributed by atoms with E-state index in [1.54, 1.807) is 0 Å². The minimum Gasteiger partial charge on any atom is -0.147 e. The van der Waals surface area contributed by atoms with E-state index >= 15 is 0 Å². The van der Waals surface area contributed by atoms with Crippen LogP contribution in [-0.2, 0) is 0 Å². The van der Waals surface area contributed by atoms with Crippen molar-refractivity contribution in [2.24, 2.45) is 0 Å². The SMILES string of the molecule is CCCCC=CCCCCC.Cl. The molecule has 0 amide bonds. The summed E-state index contributed by atoms with van der Waals surface area (Å²) in [5.41, 5.74) is 0. The van der Waals surface area contributed by atoms with Crippen molar-refractivity contribution in [3.63, 3.8) is 0 Å². The molecule has 0 aliphatic carbocycles. The number of halogens is 1. The Morgan fingerprint density at radius 1 is 0.750 bits per heavy atom. The Bertz CT molecular complexity index is 87.0. The minimum atomic E-state index is 0. The van der Waals surface area contributed by atoms with Crippen LogP contribution in [0.15, 0.2) is 12.2 Å². The second kappa shape index (κ2) is 13.6. The molecule has 0 bridgehead atoms. The molecule has 0 unspecified atom stereocenters. The molecule has 0 aliphatic rings. The monoisotopic (exact) mass is 190 g/mol. The molecule has 0 aromatic heterocycles. The number of hydrogen-bond acceptors (Lipinski definition) is 0. The summed E-state index contributed by atoms with van der Waals surface area (Å²) in [7, 11) is 0. The molecule has 1 heteroatoms. The van der Waals surface area contributed by atoms with Gasteiger partial charge in [-0.25, -0.2) is 0 Å². The highest BCUT2D eigenvalue weighted by molar-refractivity contribution is 5.85. The van der Waals surface area contributed by atoms with Gasteiger partial charge >= 0.3 is 0 Å². The lowest BCUT2D eigenvalue weighted by Crippen LogP contribution is -1.71. The number of hydrogen-bond donors (Lipinski definition) is 0. The molecular formula is C11H23Cl. The van der Waals surface area contributed by atoms with Crippen molar-refractivity contribution in [3.8, 4) is 0 Å². The Kier molecular flexibility index (Phi) is 16.5. The minimum absolute atomic E-state index is 0. The Morgan fingerprint density at radius 3 is 1.75 bits per heavy atom. The Balaban J connectivity index is 0. The highest BCUT2D eigenvalue weighted by Gasteiger charge is 1.81. The molecule has 0 N–H and O–H groups in total. The van der Waals surface area contributed by atoms with Gasteiger partial charge in [0.25, 0.3) is 0 Å². The normalized spacial score (nSPS) is 10.2. The van der Waals surface area contributed by atoms with Crippen molar-refractivity contribution in [1.82, 2.24) is 0 Å². The predicted octanol–water partition coefficient (Wildman–Crippen LogP) is 4.73. The van der Waals surface area contributed by atoms with Gasteiger partial charge < -0.3 is 0 Å². The second-order valence-electron chi connectivity index (χ2n) is 3.11. The average molecular weight is 191 g/mol. The van der Waals surface area contributed by atoms with Crippen LogP contribution in [0.1, 0.15) is 58.8 Å². The zero-order valence-electron chi connectivity index (χ0n) is 8.51. The van der Waals surface area contributed by atoms with Crippen molar-refractivity contribution in [1.29, 1.82) is 0 Å². The maximum Gasteiger partial charge on any atom is -0.0351 e. The molecule has 0 radical (unpaired) electrons. The van der Waals surface area contributed by atoms with Gasteiger partial charge in [-0.2, -0.15) is 0 Å². The van der Waals surface area contributed by atoms with E-state index < -0.39 is 0 Å². The van der Waals surface area contributed by atoms with E-state index in [1.165, 1.54) is 44.9 Å². The van der Waals surface area contributed by atoms with Crippen molar-refractivity contribution in [2.45, 2.75) is 58.8 Å². The molecule has 0 nitrogen and oxygen atoms in total. The van der Waals surface area contributed by atoms with Crippen molar-refractivity contribution >= 4 is 12.4 Å². The lowest BCUT2D eigenvalue weighted by Gasteiger charge is -1.91. The molecule has 0 fully saturated rings. The van der Waals surface area contributed by atoms with Crippen LogP contribution in [0, 0.1) is 0 Å². The Hall–Kier alpha value is 0.0300. The molecule has 12 heavy (non-hydrogen) atoms. The van der Waals surface area contributed by atoms with Gasteiger partial charge in [-0.1, -0.05) is 51.7 Å². The molecule has 0 atom stereocenters. The molecular weight excluding hydrogens is 168 g/mol. The van der Waals surface area contributed by atoms with E-state index in [0.717, 1.165) is 0 Å². The molecule has 0 rings (SSSR count). The van der Waals surface area contributed by atoms with E-state index in [0.29, 0.717) is 0 Å². The highest BCUT2D eigenvalue weighted by atomic mass is 35.5. The van der Waals surface area contributed by atoms with E-state index in [-0.39, 0.29) is 12.4 Å². The van der Waals surface area contributed by atoms with Gasteiger partial charge in [-0.15, -0.1) is 12.4 Å². The third-order valence-corrected chi connectivity index (χ3v) is 1.87. The van der Waals surface area contributed by atoms with E-state index in [1.807, 2.05) is 0 Å². The molecule has 0 saturated carbocycles. The molecule has 0 aromatic carbocycles. The van der Waals surface area contributed by atoms with Gasteiger partial charge in [-0.05, 0) is 19.3 Å². The van der Waals surface area contributed by atoms with Crippen LogP contribution in [0.4, 0.5) is 0 Å². The third-order valence-electron chi connectivity index (χ3n) is 1.87. The largest absolute Gasteiger partial charge is 0.147 e. The van der Waals surface area contributed by atoms with Crippen LogP contribution < -0.4 is 0 Å². The summed E-state index contributed by atoms with van der Waals surface area (Å²) >= 11 is 0. The van der Waals surface area contributed by atoms with Gasteiger partial charge in [0, 0.05) is 0 Å². The second-order valence-corrected chi connectivity index (χ2v) is 3.11. The van der Waals surface area contributed by atoms with Crippen molar-refractivity contribution in [2.75, 3.05) is 0 Å². The Labute approximate surface area is 83.9 Å². The van der Waals surface area contributed by atoms with E-state index in [9.17, 15) is 0 Å². The number of allylic oxidation sites excluding steroid dienone is 2. The lowest BCUT2D eigenvalue weighted by atomic mass is 10.2. The maximum atomic E-state index is 2.34.